The maximum absolute atomic E-state index is 13.1. The number of hydrazone groups is 1. The molecule has 0 saturated carbocycles. The minimum atomic E-state index is -0.558. The Morgan fingerprint density at radius 2 is 2.02 bits per heavy atom. The second-order valence-electron chi connectivity index (χ2n) is 8.92. The van der Waals surface area contributed by atoms with E-state index in [0.717, 1.165) is 5.56 Å². The molecule has 3 heterocycles. The van der Waals surface area contributed by atoms with Crippen molar-refractivity contribution in [1.82, 2.24) is 35.6 Å². The molecule has 1 amide bonds. The number of halogens is 1. The van der Waals surface area contributed by atoms with E-state index >= 15 is 0 Å². The van der Waals surface area contributed by atoms with Gasteiger partial charge in [-0.1, -0.05) is 28.9 Å². The van der Waals surface area contributed by atoms with Gasteiger partial charge in [-0.3, -0.25) is 9.69 Å². The number of hydrogen-bond acceptors (Lipinski definition) is 12. The highest BCUT2D eigenvalue weighted by molar-refractivity contribution is 6.30. The van der Waals surface area contributed by atoms with Gasteiger partial charge in [0.2, 0.25) is 11.6 Å². The molecule has 1 saturated heterocycles. The average Bonchev–Trinajstić information content (AvgIpc) is 3.59. The molecule has 1 aliphatic heterocycles. The minimum Gasteiger partial charge on any atom is -0.490 e. The molecule has 0 aliphatic carbocycles. The van der Waals surface area contributed by atoms with Crippen LogP contribution >= 0.6 is 11.6 Å². The van der Waals surface area contributed by atoms with E-state index in [0.29, 0.717) is 73.8 Å². The fraction of sp³-hybridized carbons (Fsp3) is 0.308. The van der Waals surface area contributed by atoms with Crippen LogP contribution in [0.5, 0.6) is 11.5 Å². The number of ether oxygens (including phenoxy) is 3. The van der Waals surface area contributed by atoms with Crippen LogP contribution in [-0.4, -0.2) is 75.2 Å². The number of hydrogen-bond donors (Lipinski definition) is 2. The second-order valence-corrected chi connectivity index (χ2v) is 9.35. The van der Waals surface area contributed by atoms with E-state index < -0.39 is 5.91 Å². The summed E-state index contributed by atoms with van der Waals surface area (Å²) in [5.74, 6) is 0.716. The fourth-order valence-electron chi connectivity index (χ4n) is 4.10. The van der Waals surface area contributed by atoms with Gasteiger partial charge in [-0.2, -0.15) is 9.78 Å². The molecule has 214 valence electrons. The third kappa shape index (κ3) is 6.98. The van der Waals surface area contributed by atoms with Gasteiger partial charge in [-0.05, 0) is 58.7 Å². The fourth-order valence-corrected chi connectivity index (χ4v) is 4.31. The Labute approximate surface area is 239 Å². The lowest BCUT2D eigenvalue weighted by molar-refractivity contribution is 0.0332. The van der Waals surface area contributed by atoms with Crippen LogP contribution in [0.4, 0.5) is 5.82 Å². The van der Waals surface area contributed by atoms with Crippen LogP contribution in [0.15, 0.2) is 52.2 Å². The largest absolute Gasteiger partial charge is 0.490 e. The number of amides is 1. The minimum absolute atomic E-state index is 0.0215. The Balaban J connectivity index is 1.29. The quantitative estimate of drug-likeness (QED) is 0.197. The highest BCUT2D eigenvalue weighted by Gasteiger charge is 2.26. The van der Waals surface area contributed by atoms with E-state index in [1.54, 1.807) is 24.3 Å². The van der Waals surface area contributed by atoms with Crippen LogP contribution in [0, 0.1) is 0 Å². The summed E-state index contributed by atoms with van der Waals surface area (Å²) in [5, 5.41) is 20.3. The number of morpholine rings is 1. The van der Waals surface area contributed by atoms with E-state index in [1.165, 1.54) is 10.9 Å². The van der Waals surface area contributed by atoms with Crippen molar-refractivity contribution < 1.29 is 23.6 Å². The smallest absolute Gasteiger partial charge is 0.293 e. The molecule has 15 heteroatoms. The Morgan fingerprint density at radius 1 is 1.17 bits per heavy atom. The van der Waals surface area contributed by atoms with Crippen molar-refractivity contribution >= 4 is 29.5 Å². The standard InChI is InChI=1S/C26H28ClN9O5/c1-2-39-22-13-17(6-7-21(22)40-16-18-4-3-5-19(27)12-18)14-29-31-26(37)23-20(15-35-8-10-38-11-9-35)36(34-30-23)25-24(28)32-41-33-25/h3-7,12-14H,2,8-11,15-16H2,1H3,(H2,28,32)(H,31,37)/b29-14+. The van der Waals surface area contributed by atoms with E-state index in [1.807, 2.05) is 25.1 Å². The van der Waals surface area contributed by atoms with Gasteiger partial charge >= 0.3 is 0 Å². The maximum atomic E-state index is 13.1. The van der Waals surface area contributed by atoms with E-state index in [2.05, 4.69) is 36.1 Å². The van der Waals surface area contributed by atoms with Gasteiger partial charge in [-0.15, -0.1) is 5.10 Å². The van der Waals surface area contributed by atoms with Gasteiger partial charge < -0.3 is 19.9 Å². The van der Waals surface area contributed by atoms with E-state index in [-0.39, 0.29) is 17.3 Å². The molecule has 1 aliphatic rings. The van der Waals surface area contributed by atoms with Crippen LogP contribution in [-0.2, 0) is 17.9 Å². The lowest BCUT2D eigenvalue weighted by atomic mass is 10.2. The van der Waals surface area contributed by atoms with Gasteiger partial charge in [0.05, 0.1) is 31.7 Å². The first-order valence-electron chi connectivity index (χ1n) is 12.8. The highest BCUT2D eigenvalue weighted by Crippen LogP contribution is 2.29. The molecule has 4 aromatic rings. The molecule has 3 N–H and O–H groups in total. The number of nitrogens with two attached hydrogens (primary N) is 1. The van der Waals surface area contributed by atoms with Crippen molar-refractivity contribution in [1.29, 1.82) is 0 Å². The molecule has 5 rings (SSSR count). The molecule has 14 nitrogen and oxygen atoms in total. The topological polar surface area (TPSA) is 168 Å². The molecule has 0 atom stereocenters. The first kappa shape index (κ1) is 28.0. The predicted molar refractivity (Wildman–Crippen MR) is 148 cm³/mol. The molecule has 0 unspecified atom stereocenters. The number of benzene rings is 2. The van der Waals surface area contributed by atoms with Crippen LogP contribution in [0.1, 0.15) is 34.2 Å². The predicted octanol–water partition coefficient (Wildman–Crippen LogP) is 2.46. The molecule has 2 aromatic heterocycles. The summed E-state index contributed by atoms with van der Waals surface area (Å²) in [6.07, 6.45) is 1.49. The molecule has 0 radical (unpaired) electrons. The van der Waals surface area contributed by atoms with E-state index in [9.17, 15) is 4.79 Å². The van der Waals surface area contributed by atoms with Crippen molar-refractivity contribution in [2.45, 2.75) is 20.1 Å². The zero-order valence-corrected chi connectivity index (χ0v) is 23.0. The summed E-state index contributed by atoms with van der Waals surface area (Å²) in [7, 11) is 0. The maximum Gasteiger partial charge on any atom is 0.293 e. The lowest BCUT2D eigenvalue weighted by Gasteiger charge is -2.26. The molecular weight excluding hydrogens is 554 g/mol. The SMILES string of the molecule is CCOc1cc(/C=N/NC(=O)c2nnn(-c3nonc3N)c2CN2CCOCC2)ccc1OCc1cccc(Cl)c1. The van der Waals surface area contributed by atoms with Crippen molar-refractivity contribution in [2.24, 2.45) is 5.10 Å². The third-order valence-electron chi connectivity index (χ3n) is 6.08. The first-order chi connectivity index (χ1) is 20.0. The number of rotatable bonds is 11. The number of aromatic nitrogens is 5. The zero-order chi connectivity index (χ0) is 28.6. The van der Waals surface area contributed by atoms with Crippen LogP contribution in [0.3, 0.4) is 0 Å². The Kier molecular flexibility index (Phi) is 9.03. The molecule has 2 aromatic carbocycles. The number of nitrogens with zero attached hydrogens (tertiary/aromatic N) is 7. The second kappa shape index (κ2) is 13.2. The van der Waals surface area contributed by atoms with Crippen LogP contribution in [0.25, 0.3) is 5.82 Å². The number of anilines is 1. The van der Waals surface area contributed by atoms with E-state index in [4.69, 9.17) is 36.2 Å². The molecule has 1 fully saturated rings. The van der Waals surface area contributed by atoms with Crippen LogP contribution < -0.4 is 20.6 Å². The molecule has 0 spiro atoms. The third-order valence-corrected chi connectivity index (χ3v) is 6.32. The molecule has 41 heavy (non-hydrogen) atoms. The zero-order valence-electron chi connectivity index (χ0n) is 22.2. The number of nitrogen functional groups attached to an aromatic ring is 1. The van der Waals surface area contributed by atoms with Gasteiger partial charge in [0, 0.05) is 24.7 Å². The number of nitrogens with one attached hydrogen (secondary N) is 1. The summed E-state index contributed by atoms with van der Waals surface area (Å²) in [6, 6.07) is 12.8. The van der Waals surface area contributed by atoms with Crippen molar-refractivity contribution in [3.63, 3.8) is 0 Å². The normalized spacial score (nSPS) is 13.9. The Hall–Kier alpha value is -4.53. The molecular formula is C26H28ClN9O5. The Morgan fingerprint density at radius 3 is 2.78 bits per heavy atom. The van der Waals surface area contributed by atoms with Crippen molar-refractivity contribution in [2.75, 3.05) is 38.6 Å². The van der Waals surface area contributed by atoms with Crippen LogP contribution in [0.2, 0.25) is 5.02 Å². The summed E-state index contributed by atoms with van der Waals surface area (Å²) >= 11 is 6.07. The summed E-state index contributed by atoms with van der Waals surface area (Å²) in [4.78, 5) is 15.2. The monoisotopic (exact) mass is 581 g/mol. The van der Waals surface area contributed by atoms with Crippen molar-refractivity contribution in [3.8, 4) is 17.3 Å². The lowest BCUT2D eigenvalue weighted by Crippen LogP contribution is -2.37. The summed E-state index contributed by atoms with van der Waals surface area (Å²) in [6.45, 7) is 5.52. The number of carbonyl (C=O) groups excluding carboxylic acids is 1. The van der Waals surface area contributed by atoms with Gasteiger partial charge in [0.25, 0.3) is 5.91 Å². The Bertz CT molecular complexity index is 1520. The van der Waals surface area contributed by atoms with Crippen molar-refractivity contribution in [3.05, 3.63) is 70.0 Å². The summed E-state index contributed by atoms with van der Waals surface area (Å²) < 4.78 is 23.2. The molecule has 0 bridgehead atoms. The number of carbonyl (C=O) groups is 1. The van der Waals surface area contributed by atoms with Gasteiger partial charge in [0.15, 0.2) is 17.2 Å². The van der Waals surface area contributed by atoms with Gasteiger partial charge in [-0.25, -0.2) is 10.1 Å². The van der Waals surface area contributed by atoms with Gasteiger partial charge in [0.1, 0.15) is 6.61 Å². The first-order valence-corrected chi connectivity index (χ1v) is 13.2. The summed E-state index contributed by atoms with van der Waals surface area (Å²) in [5.41, 5.74) is 10.5. The average molecular weight is 582 g/mol. The highest BCUT2D eigenvalue weighted by atomic mass is 35.5.